The number of carbonyl (C=O) groups is 1. The van der Waals surface area contributed by atoms with Crippen LogP contribution in [0, 0.1) is 20.8 Å². The first-order chi connectivity index (χ1) is 11.8. The van der Waals surface area contributed by atoms with Crippen LogP contribution in [0.5, 0.6) is 0 Å². The number of carbonyl (C=O) groups excluding carboxylic acids is 1. The second kappa shape index (κ2) is 6.63. The van der Waals surface area contributed by atoms with E-state index < -0.39 is 0 Å². The maximum atomic E-state index is 13.1. The summed E-state index contributed by atoms with van der Waals surface area (Å²) in [5, 5.41) is 3.88. The van der Waals surface area contributed by atoms with E-state index in [0.717, 1.165) is 23.5 Å². The minimum Gasteiger partial charge on any atom is -0.346 e. The summed E-state index contributed by atoms with van der Waals surface area (Å²) >= 11 is 0. The Balaban J connectivity index is 1.84. The molecule has 1 aliphatic rings. The number of aryl methyl sites for hydroxylation is 2. The normalized spacial score (nSPS) is 19.0. The zero-order valence-electron chi connectivity index (χ0n) is 15.9. The van der Waals surface area contributed by atoms with Crippen LogP contribution in [0.15, 0.2) is 10.6 Å². The number of rotatable bonds is 3. The largest absolute Gasteiger partial charge is 0.346 e. The third kappa shape index (κ3) is 3.20. The van der Waals surface area contributed by atoms with E-state index in [2.05, 4.69) is 40.4 Å². The lowest BCUT2D eigenvalue weighted by Gasteiger charge is -2.37. The first kappa shape index (κ1) is 17.7. The highest BCUT2D eigenvalue weighted by molar-refractivity contribution is 5.95. The van der Waals surface area contributed by atoms with Crippen molar-refractivity contribution in [2.45, 2.75) is 46.7 Å². The predicted octanol–water partition coefficient (Wildman–Crippen LogP) is 2.51. The van der Waals surface area contributed by atoms with E-state index in [-0.39, 0.29) is 11.9 Å². The molecular formula is C18H27N5O2. The second-order valence-corrected chi connectivity index (χ2v) is 7.18. The minimum absolute atomic E-state index is 0.0625. The fraction of sp³-hybridized carbons (Fsp3) is 0.611. The minimum atomic E-state index is -0.0625. The van der Waals surface area contributed by atoms with E-state index in [4.69, 9.17) is 4.52 Å². The molecule has 1 saturated heterocycles. The van der Waals surface area contributed by atoms with Crippen LogP contribution in [-0.2, 0) is 0 Å². The lowest BCUT2D eigenvalue weighted by molar-refractivity contribution is 0.0488. The van der Waals surface area contributed by atoms with Crippen molar-refractivity contribution < 1.29 is 9.32 Å². The van der Waals surface area contributed by atoms with Gasteiger partial charge in [-0.3, -0.25) is 9.69 Å². The van der Waals surface area contributed by atoms with Gasteiger partial charge >= 0.3 is 0 Å². The Kier molecular flexibility index (Phi) is 4.69. The maximum Gasteiger partial charge on any atom is 0.255 e. The molecule has 136 valence electrons. The molecule has 7 nitrogen and oxygen atoms in total. The molecule has 0 unspecified atom stereocenters. The molecule has 0 N–H and O–H groups in total. The van der Waals surface area contributed by atoms with Gasteiger partial charge in [0.25, 0.3) is 5.91 Å². The Morgan fingerprint density at radius 2 is 2.00 bits per heavy atom. The Labute approximate surface area is 148 Å². The fourth-order valence-corrected chi connectivity index (χ4v) is 3.73. The molecule has 3 rings (SSSR count). The highest BCUT2D eigenvalue weighted by atomic mass is 16.5. The highest BCUT2D eigenvalue weighted by Crippen LogP contribution is 2.26. The Bertz CT molecular complexity index is 777. The van der Waals surface area contributed by atoms with Crippen molar-refractivity contribution in [1.29, 1.82) is 0 Å². The smallest absolute Gasteiger partial charge is 0.255 e. The van der Waals surface area contributed by atoms with Gasteiger partial charge < -0.3 is 14.0 Å². The third-order valence-electron chi connectivity index (χ3n) is 4.99. The summed E-state index contributed by atoms with van der Waals surface area (Å²) in [6, 6.07) is 2.28. The van der Waals surface area contributed by atoms with Gasteiger partial charge in [-0.2, -0.15) is 4.98 Å². The summed E-state index contributed by atoms with van der Waals surface area (Å²) in [5.74, 6) is 1.27. The van der Waals surface area contributed by atoms with Crippen LogP contribution < -0.4 is 0 Å². The van der Waals surface area contributed by atoms with Crippen LogP contribution in [0.1, 0.15) is 59.4 Å². The average molecular weight is 345 g/mol. The molecule has 1 amide bonds. The van der Waals surface area contributed by atoms with Crippen LogP contribution in [-0.4, -0.2) is 57.1 Å². The van der Waals surface area contributed by atoms with Gasteiger partial charge in [-0.05, 0) is 47.7 Å². The number of piperazine rings is 1. The average Bonchev–Trinajstić information content (AvgIpc) is 3.10. The van der Waals surface area contributed by atoms with E-state index in [0.29, 0.717) is 30.8 Å². The number of aromatic nitrogens is 3. The lowest BCUT2D eigenvalue weighted by Crippen LogP contribution is -2.49. The van der Waals surface area contributed by atoms with Crippen molar-refractivity contribution in [3.8, 4) is 0 Å². The third-order valence-corrected chi connectivity index (χ3v) is 4.99. The number of hydrogen-bond acceptors (Lipinski definition) is 5. The van der Waals surface area contributed by atoms with Crippen LogP contribution in [0.3, 0.4) is 0 Å². The van der Waals surface area contributed by atoms with Gasteiger partial charge in [0, 0.05) is 37.1 Å². The molecule has 2 aromatic heterocycles. The van der Waals surface area contributed by atoms with Crippen LogP contribution in [0.4, 0.5) is 0 Å². The predicted molar refractivity (Wildman–Crippen MR) is 94.6 cm³/mol. The summed E-state index contributed by atoms with van der Waals surface area (Å²) in [7, 11) is 2.02. The first-order valence-corrected chi connectivity index (χ1v) is 8.77. The summed E-state index contributed by atoms with van der Waals surface area (Å²) in [6.07, 6.45) is 0. The molecule has 2 aromatic rings. The summed E-state index contributed by atoms with van der Waals surface area (Å²) < 4.78 is 7.55. The standard InChI is InChI=1S/C18H27N5O2/c1-11(2)23-12(3)9-15(13(23)4)18(24)22-8-7-21(6)16(10-22)17-19-14(5)20-25-17/h9,11,16H,7-8,10H2,1-6H3/t16-/m0/s1. The van der Waals surface area contributed by atoms with Gasteiger partial charge in [0.05, 0.1) is 5.56 Å². The highest BCUT2D eigenvalue weighted by Gasteiger charge is 2.33. The Morgan fingerprint density at radius 3 is 2.56 bits per heavy atom. The number of hydrogen-bond donors (Lipinski definition) is 0. The molecule has 0 saturated carbocycles. The molecule has 25 heavy (non-hydrogen) atoms. The maximum absolute atomic E-state index is 13.1. The van der Waals surface area contributed by atoms with Crippen molar-refractivity contribution in [3.05, 3.63) is 34.7 Å². The van der Waals surface area contributed by atoms with Gasteiger partial charge in [-0.25, -0.2) is 0 Å². The van der Waals surface area contributed by atoms with Crippen LogP contribution in [0.25, 0.3) is 0 Å². The number of amides is 1. The molecule has 0 aliphatic carbocycles. The van der Waals surface area contributed by atoms with Gasteiger partial charge in [-0.1, -0.05) is 5.16 Å². The zero-order valence-corrected chi connectivity index (χ0v) is 15.9. The topological polar surface area (TPSA) is 67.4 Å². The molecule has 0 spiro atoms. The molecule has 0 bridgehead atoms. The first-order valence-electron chi connectivity index (χ1n) is 8.77. The van der Waals surface area contributed by atoms with Crippen molar-refractivity contribution >= 4 is 5.91 Å². The molecule has 7 heteroatoms. The Hall–Kier alpha value is -2.15. The van der Waals surface area contributed by atoms with E-state index in [1.807, 2.05) is 24.9 Å². The van der Waals surface area contributed by atoms with E-state index in [1.165, 1.54) is 0 Å². The zero-order chi connectivity index (χ0) is 18.3. The van der Waals surface area contributed by atoms with Gasteiger partial charge in [0.1, 0.15) is 6.04 Å². The van der Waals surface area contributed by atoms with E-state index in [1.54, 1.807) is 6.92 Å². The monoisotopic (exact) mass is 345 g/mol. The van der Waals surface area contributed by atoms with Crippen molar-refractivity contribution in [1.82, 2.24) is 24.5 Å². The molecule has 3 heterocycles. The van der Waals surface area contributed by atoms with Crippen LogP contribution in [0.2, 0.25) is 0 Å². The molecule has 0 radical (unpaired) electrons. The van der Waals surface area contributed by atoms with E-state index >= 15 is 0 Å². The van der Waals surface area contributed by atoms with Crippen molar-refractivity contribution in [2.24, 2.45) is 0 Å². The van der Waals surface area contributed by atoms with Gasteiger partial charge in [0.2, 0.25) is 5.89 Å². The fourth-order valence-electron chi connectivity index (χ4n) is 3.73. The SMILES string of the molecule is Cc1noc([C@@H]2CN(C(=O)c3cc(C)n(C(C)C)c3C)CCN2C)n1. The van der Waals surface area contributed by atoms with Gasteiger partial charge in [-0.15, -0.1) is 0 Å². The van der Waals surface area contributed by atoms with Crippen molar-refractivity contribution in [3.63, 3.8) is 0 Å². The lowest BCUT2D eigenvalue weighted by atomic mass is 10.1. The van der Waals surface area contributed by atoms with Crippen LogP contribution >= 0.6 is 0 Å². The Morgan fingerprint density at radius 1 is 1.28 bits per heavy atom. The quantitative estimate of drug-likeness (QED) is 0.855. The molecule has 0 aromatic carbocycles. The summed E-state index contributed by atoms with van der Waals surface area (Å²) in [4.78, 5) is 21.5. The number of likely N-dealkylation sites (N-methyl/N-ethyl adjacent to an activating group) is 1. The van der Waals surface area contributed by atoms with Gasteiger partial charge in [0.15, 0.2) is 5.82 Å². The molecule has 1 atom stereocenters. The molecule has 1 fully saturated rings. The van der Waals surface area contributed by atoms with E-state index in [9.17, 15) is 4.79 Å². The van der Waals surface area contributed by atoms with Crippen molar-refractivity contribution in [2.75, 3.05) is 26.7 Å². The molecular weight excluding hydrogens is 318 g/mol. The summed E-state index contributed by atoms with van der Waals surface area (Å²) in [6.45, 7) is 12.2. The second-order valence-electron chi connectivity index (χ2n) is 7.18. The summed E-state index contributed by atoms with van der Waals surface area (Å²) in [5.41, 5.74) is 2.94. The molecule has 1 aliphatic heterocycles. The number of nitrogens with zero attached hydrogens (tertiary/aromatic N) is 5.